The zero-order valence-electron chi connectivity index (χ0n) is 5.02. The third-order valence-corrected chi connectivity index (χ3v) is 1.15. The Kier molecular flexibility index (Phi) is 7.17. The highest BCUT2D eigenvalue weighted by molar-refractivity contribution is 7.26. The van der Waals surface area contributed by atoms with Gasteiger partial charge in [-0.2, -0.15) is 0 Å². The molecule has 0 aliphatic rings. The Bertz CT molecular complexity index is 56.4. The van der Waals surface area contributed by atoms with Crippen LogP contribution in [0.1, 0.15) is 6.92 Å². The van der Waals surface area contributed by atoms with Gasteiger partial charge >= 0.3 is 0 Å². The first-order chi connectivity index (χ1) is 3.91. The Balaban J connectivity index is 2.62. The van der Waals surface area contributed by atoms with Crippen molar-refractivity contribution in [3.05, 3.63) is 12.7 Å². The molecule has 2 nitrogen and oxygen atoms in total. The summed E-state index contributed by atoms with van der Waals surface area (Å²) < 4.78 is 9.80. The minimum Gasteiger partial charge on any atom is -0.337 e. The monoisotopic (exact) mass is 134 g/mol. The van der Waals surface area contributed by atoms with Crippen molar-refractivity contribution >= 4 is 9.03 Å². The van der Waals surface area contributed by atoms with E-state index < -0.39 is 0 Å². The first-order valence-corrected chi connectivity index (χ1v) is 3.33. The predicted octanol–water partition coefficient (Wildman–Crippen LogP) is 1.73. The van der Waals surface area contributed by atoms with Crippen LogP contribution in [0.5, 0.6) is 0 Å². The van der Waals surface area contributed by atoms with Crippen LogP contribution in [-0.4, -0.2) is 13.2 Å². The van der Waals surface area contributed by atoms with Crippen LogP contribution in [0.3, 0.4) is 0 Å². The van der Waals surface area contributed by atoms with Crippen molar-refractivity contribution in [3.63, 3.8) is 0 Å². The Morgan fingerprint density at radius 3 is 2.88 bits per heavy atom. The molecule has 0 aromatic rings. The lowest BCUT2D eigenvalue weighted by Crippen LogP contribution is -1.79. The van der Waals surface area contributed by atoms with Crippen molar-refractivity contribution in [2.45, 2.75) is 6.92 Å². The highest BCUT2D eigenvalue weighted by atomic mass is 31.1. The maximum atomic E-state index is 4.91. The molecule has 0 rings (SSSR count). The highest BCUT2D eigenvalue weighted by Gasteiger charge is 1.79. The van der Waals surface area contributed by atoms with Crippen LogP contribution in [-0.2, 0) is 9.05 Å². The van der Waals surface area contributed by atoms with Gasteiger partial charge in [0.05, 0.1) is 13.2 Å². The van der Waals surface area contributed by atoms with Gasteiger partial charge in [-0.3, -0.25) is 0 Å². The van der Waals surface area contributed by atoms with Gasteiger partial charge in [0.15, 0.2) is 9.03 Å². The second-order valence-electron chi connectivity index (χ2n) is 1.12. The molecule has 0 saturated heterocycles. The molecule has 8 heavy (non-hydrogen) atoms. The molecule has 0 N–H and O–H groups in total. The van der Waals surface area contributed by atoms with E-state index >= 15 is 0 Å². The largest absolute Gasteiger partial charge is 0.337 e. The first-order valence-electron chi connectivity index (χ1n) is 2.51. The van der Waals surface area contributed by atoms with Crippen LogP contribution in [0.2, 0.25) is 0 Å². The summed E-state index contributed by atoms with van der Waals surface area (Å²) in [5, 5.41) is 0. The van der Waals surface area contributed by atoms with E-state index in [-0.39, 0.29) is 9.03 Å². The van der Waals surface area contributed by atoms with Gasteiger partial charge in [0, 0.05) is 0 Å². The molecule has 1 atom stereocenters. The van der Waals surface area contributed by atoms with E-state index in [4.69, 9.17) is 9.05 Å². The van der Waals surface area contributed by atoms with Crippen molar-refractivity contribution < 1.29 is 9.05 Å². The second kappa shape index (κ2) is 7.09. The highest BCUT2D eigenvalue weighted by Crippen LogP contribution is 2.11. The van der Waals surface area contributed by atoms with Crippen LogP contribution >= 0.6 is 9.03 Å². The minimum atomic E-state index is 0.168. The third kappa shape index (κ3) is 6.09. The molecule has 0 aliphatic heterocycles. The van der Waals surface area contributed by atoms with E-state index in [0.29, 0.717) is 6.61 Å². The van der Waals surface area contributed by atoms with Gasteiger partial charge in [-0.25, -0.2) is 0 Å². The quantitative estimate of drug-likeness (QED) is 0.324. The standard InChI is InChI=1S/C5H11O2P/c1-3-5-7-8-6-4-2/h3,8H,1,4-5H2,2H3. The molecule has 0 spiro atoms. The van der Waals surface area contributed by atoms with Gasteiger partial charge in [-0.15, -0.1) is 6.58 Å². The van der Waals surface area contributed by atoms with E-state index in [9.17, 15) is 0 Å². The predicted molar refractivity (Wildman–Crippen MR) is 36.1 cm³/mol. The summed E-state index contributed by atoms with van der Waals surface area (Å²) in [5.74, 6) is 0. The summed E-state index contributed by atoms with van der Waals surface area (Å²) in [6.07, 6.45) is 1.70. The molecule has 0 saturated carbocycles. The number of rotatable bonds is 5. The fourth-order valence-electron chi connectivity index (χ4n) is 0.194. The molecule has 0 aliphatic carbocycles. The normalized spacial score (nSPS) is 10.6. The maximum absolute atomic E-state index is 4.91. The summed E-state index contributed by atoms with van der Waals surface area (Å²) in [5.41, 5.74) is 0. The van der Waals surface area contributed by atoms with Crippen LogP contribution < -0.4 is 0 Å². The van der Waals surface area contributed by atoms with E-state index in [2.05, 4.69) is 6.58 Å². The molecule has 0 amide bonds. The lowest BCUT2D eigenvalue weighted by atomic mass is 10.7. The van der Waals surface area contributed by atoms with E-state index in [1.165, 1.54) is 0 Å². The number of hydrogen-bond acceptors (Lipinski definition) is 2. The molecule has 0 aromatic heterocycles. The Labute approximate surface area is 51.8 Å². The maximum Gasteiger partial charge on any atom is 0.155 e. The lowest BCUT2D eigenvalue weighted by Gasteiger charge is -1.96. The average molecular weight is 134 g/mol. The zero-order valence-corrected chi connectivity index (χ0v) is 6.02. The fraction of sp³-hybridized carbons (Fsp3) is 0.600. The molecule has 3 heteroatoms. The summed E-state index contributed by atoms with van der Waals surface area (Å²) in [6.45, 7) is 6.72. The van der Waals surface area contributed by atoms with Crippen molar-refractivity contribution in [1.82, 2.24) is 0 Å². The van der Waals surface area contributed by atoms with Crippen molar-refractivity contribution in [2.24, 2.45) is 0 Å². The van der Waals surface area contributed by atoms with E-state index in [1.54, 1.807) is 6.08 Å². The van der Waals surface area contributed by atoms with E-state index in [1.807, 2.05) is 6.92 Å². The molecular formula is C5H11O2P. The smallest absolute Gasteiger partial charge is 0.155 e. The molecule has 0 heterocycles. The molecule has 0 radical (unpaired) electrons. The van der Waals surface area contributed by atoms with Gasteiger partial charge in [0.1, 0.15) is 0 Å². The fourth-order valence-corrected chi connectivity index (χ4v) is 0.581. The summed E-state index contributed by atoms with van der Waals surface area (Å²) in [7, 11) is 0.168. The Hall–Kier alpha value is 0.0900. The van der Waals surface area contributed by atoms with Crippen LogP contribution in [0, 0.1) is 0 Å². The van der Waals surface area contributed by atoms with Crippen molar-refractivity contribution in [2.75, 3.05) is 13.2 Å². The summed E-state index contributed by atoms with van der Waals surface area (Å²) in [6, 6.07) is 0. The van der Waals surface area contributed by atoms with Crippen molar-refractivity contribution in [3.8, 4) is 0 Å². The molecule has 0 aromatic carbocycles. The Morgan fingerprint density at radius 1 is 1.62 bits per heavy atom. The van der Waals surface area contributed by atoms with Gasteiger partial charge in [0.25, 0.3) is 0 Å². The number of hydrogen-bond donors (Lipinski definition) is 0. The molecular weight excluding hydrogens is 123 g/mol. The third-order valence-electron chi connectivity index (χ3n) is 0.463. The van der Waals surface area contributed by atoms with Crippen LogP contribution in [0.4, 0.5) is 0 Å². The molecule has 0 bridgehead atoms. The van der Waals surface area contributed by atoms with Crippen LogP contribution in [0.15, 0.2) is 12.7 Å². The second-order valence-corrected chi connectivity index (χ2v) is 1.86. The molecule has 1 unspecified atom stereocenters. The topological polar surface area (TPSA) is 18.5 Å². The minimum absolute atomic E-state index is 0.168. The SMILES string of the molecule is C=CCOPOCC. The van der Waals surface area contributed by atoms with Gasteiger partial charge in [0.2, 0.25) is 0 Å². The summed E-state index contributed by atoms with van der Waals surface area (Å²) in [4.78, 5) is 0. The van der Waals surface area contributed by atoms with Crippen molar-refractivity contribution in [1.29, 1.82) is 0 Å². The van der Waals surface area contributed by atoms with Crippen LogP contribution in [0.25, 0.3) is 0 Å². The molecule has 0 fully saturated rings. The summed E-state index contributed by atoms with van der Waals surface area (Å²) >= 11 is 0. The molecule has 48 valence electrons. The average Bonchev–Trinajstić information content (AvgIpc) is 1.81. The Morgan fingerprint density at radius 2 is 2.38 bits per heavy atom. The van der Waals surface area contributed by atoms with E-state index in [0.717, 1.165) is 6.61 Å². The zero-order chi connectivity index (χ0) is 6.24. The van der Waals surface area contributed by atoms with Gasteiger partial charge in [-0.1, -0.05) is 6.08 Å². The first kappa shape index (κ1) is 8.09. The lowest BCUT2D eigenvalue weighted by molar-refractivity contribution is 0.298. The van der Waals surface area contributed by atoms with Gasteiger partial charge in [-0.05, 0) is 6.92 Å². The van der Waals surface area contributed by atoms with Gasteiger partial charge < -0.3 is 9.05 Å².